The summed E-state index contributed by atoms with van der Waals surface area (Å²) in [6.45, 7) is 13.7. The number of carbonyl (C=O) groups excluding carboxylic acids is 4. The van der Waals surface area contributed by atoms with Gasteiger partial charge < -0.3 is 59.5 Å². The topological polar surface area (TPSA) is 178 Å². The van der Waals surface area contributed by atoms with Crippen LogP contribution in [0.5, 0.6) is 11.5 Å². The van der Waals surface area contributed by atoms with Gasteiger partial charge in [0.1, 0.15) is 11.5 Å². The maximum absolute atomic E-state index is 13.1. The van der Waals surface area contributed by atoms with Crippen LogP contribution in [-0.4, -0.2) is 137 Å². The molecule has 0 bridgehead atoms. The second-order valence-corrected chi connectivity index (χ2v) is 18.2. The first-order valence-electron chi connectivity index (χ1n) is 22.9. The second kappa shape index (κ2) is 26.4. The van der Waals surface area contributed by atoms with Crippen molar-refractivity contribution < 1.29 is 73.9 Å². The van der Waals surface area contributed by atoms with Crippen LogP contribution in [0.4, 0.5) is 47.3 Å². The number of halogens is 6. The molecule has 5 rings (SSSR count). The third-order valence-corrected chi connectivity index (χ3v) is 10.9. The van der Waals surface area contributed by atoms with Gasteiger partial charge >= 0.3 is 24.9 Å². The fourth-order valence-electron chi connectivity index (χ4n) is 7.56. The summed E-state index contributed by atoms with van der Waals surface area (Å²) in [5.41, 5.74) is 0.890. The molecule has 22 heteroatoms. The molecule has 3 aliphatic rings. The van der Waals surface area contributed by atoms with Gasteiger partial charge in [-0.3, -0.25) is 9.59 Å². The van der Waals surface area contributed by atoms with Crippen LogP contribution in [0, 0.1) is 11.3 Å². The molecular weight excluding hydrogens is 911 g/mol. The number of hydrogen-bond acceptors (Lipinski definition) is 12. The normalized spacial score (nSPS) is 17.8. The van der Waals surface area contributed by atoms with E-state index < -0.39 is 37.1 Å². The van der Waals surface area contributed by atoms with Crippen molar-refractivity contribution in [2.45, 2.75) is 117 Å². The third kappa shape index (κ3) is 21.7. The zero-order chi connectivity index (χ0) is 49.9. The molecule has 0 aromatic heterocycles. The monoisotopic (exact) mass is 976 g/mol. The minimum Gasteiger partial charge on any atom is -0.436 e. The zero-order valence-corrected chi connectivity index (χ0v) is 39.3. The van der Waals surface area contributed by atoms with E-state index in [4.69, 9.17) is 18.9 Å². The van der Waals surface area contributed by atoms with Gasteiger partial charge in [0.15, 0.2) is 12.2 Å². The highest BCUT2D eigenvalue weighted by Crippen LogP contribution is 2.30. The quantitative estimate of drug-likeness (QED) is 0.112. The van der Waals surface area contributed by atoms with Crippen LogP contribution >= 0.6 is 0 Å². The molecule has 2 heterocycles. The number of ether oxygens (including phenoxy) is 6. The number of nitrogens with one attached hydrogen (secondary N) is 4. The first kappa shape index (κ1) is 55.2. The standard InChI is InChI=1S/C24H34F3N3O5.C22H32F3N3O5/c1-17(16-28-19-7-9-20(10-8-19)35-24(25,26)27)29-23(32)34-21(15-18-5-3-2-4-6-18)22(31)30-11-13-33-14-12-30;1-15(14-26-16-5-7-17(8-6-16)33-22(23,24)25)27-20(30)32-18(13-21(2,3)4)19(29)28-9-11-31-12-10-28/h7-10,17-18,21,28H,2-6,11-16H2,1H3,(H,29,32);5-8,15,18,26H,9-14H2,1-4H3,(H,27,30). The van der Waals surface area contributed by atoms with Gasteiger partial charge in [0.25, 0.3) is 11.8 Å². The summed E-state index contributed by atoms with van der Waals surface area (Å²) < 4.78 is 103. The van der Waals surface area contributed by atoms with Crippen molar-refractivity contribution in [3.63, 3.8) is 0 Å². The first-order chi connectivity index (χ1) is 32.0. The largest absolute Gasteiger partial charge is 0.573 e. The van der Waals surface area contributed by atoms with Gasteiger partial charge in [0, 0.05) is 62.7 Å². The minimum absolute atomic E-state index is 0.180. The molecule has 1 saturated carbocycles. The molecule has 2 aliphatic heterocycles. The minimum atomic E-state index is -4.75. The highest BCUT2D eigenvalue weighted by molar-refractivity contribution is 5.84. The number of morpholine rings is 2. The Morgan fingerprint density at radius 3 is 1.38 bits per heavy atom. The molecule has 2 aromatic carbocycles. The van der Waals surface area contributed by atoms with Gasteiger partial charge in [-0.15, -0.1) is 26.3 Å². The molecule has 382 valence electrons. The molecule has 4 unspecified atom stereocenters. The van der Waals surface area contributed by atoms with E-state index in [0.29, 0.717) is 89.3 Å². The van der Waals surface area contributed by atoms with Crippen LogP contribution < -0.4 is 30.7 Å². The average Bonchev–Trinajstić information content (AvgIpc) is 3.27. The number of rotatable bonds is 17. The van der Waals surface area contributed by atoms with Crippen molar-refractivity contribution in [2.75, 3.05) is 76.3 Å². The van der Waals surface area contributed by atoms with E-state index in [-0.39, 0.29) is 47.4 Å². The second-order valence-electron chi connectivity index (χ2n) is 18.2. The molecule has 16 nitrogen and oxygen atoms in total. The number of anilines is 2. The van der Waals surface area contributed by atoms with Crippen molar-refractivity contribution in [1.29, 1.82) is 0 Å². The number of hydrogen-bond donors (Lipinski definition) is 4. The Bertz CT molecular complexity index is 1850. The number of alkyl halides is 6. The lowest BCUT2D eigenvalue weighted by molar-refractivity contribution is -0.275. The maximum Gasteiger partial charge on any atom is 0.573 e. The number of benzene rings is 2. The Balaban J connectivity index is 0.000000297. The number of carbonyl (C=O) groups is 4. The summed E-state index contributed by atoms with van der Waals surface area (Å²) in [4.78, 5) is 54.4. The lowest BCUT2D eigenvalue weighted by Crippen LogP contribution is -2.49. The van der Waals surface area contributed by atoms with Gasteiger partial charge in [-0.1, -0.05) is 52.9 Å². The Morgan fingerprint density at radius 1 is 0.618 bits per heavy atom. The van der Waals surface area contributed by atoms with Crippen molar-refractivity contribution in [2.24, 2.45) is 11.3 Å². The van der Waals surface area contributed by atoms with E-state index in [1.165, 1.54) is 55.0 Å². The fraction of sp³-hybridized carbons (Fsp3) is 0.652. The Labute approximate surface area is 393 Å². The molecule has 68 heavy (non-hydrogen) atoms. The number of nitrogens with zero attached hydrogens (tertiary/aromatic N) is 2. The predicted molar refractivity (Wildman–Crippen MR) is 239 cm³/mol. The smallest absolute Gasteiger partial charge is 0.436 e. The van der Waals surface area contributed by atoms with Gasteiger partial charge in [0.05, 0.1) is 26.4 Å². The number of amides is 4. The van der Waals surface area contributed by atoms with E-state index in [2.05, 4.69) is 30.7 Å². The summed E-state index contributed by atoms with van der Waals surface area (Å²) in [6, 6.07) is 9.83. The molecule has 0 spiro atoms. The van der Waals surface area contributed by atoms with Crippen molar-refractivity contribution in [3.05, 3.63) is 48.5 Å². The van der Waals surface area contributed by atoms with Gasteiger partial charge in [-0.05, 0) is 86.6 Å². The van der Waals surface area contributed by atoms with Crippen LogP contribution in [-0.2, 0) is 28.5 Å². The van der Waals surface area contributed by atoms with Crippen LogP contribution in [0.1, 0.15) is 79.6 Å². The van der Waals surface area contributed by atoms with Crippen LogP contribution in [0.15, 0.2) is 48.5 Å². The molecule has 2 saturated heterocycles. The maximum atomic E-state index is 13.1. The number of alkyl carbamates (subject to hydrolysis) is 2. The summed E-state index contributed by atoms with van der Waals surface area (Å²) in [5, 5.41) is 11.4. The van der Waals surface area contributed by atoms with Crippen LogP contribution in [0.25, 0.3) is 0 Å². The van der Waals surface area contributed by atoms with Crippen molar-refractivity contribution in [1.82, 2.24) is 20.4 Å². The Morgan fingerprint density at radius 2 is 1.00 bits per heavy atom. The molecule has 0 radical (unpaired) electrons. The molecule has 1 aliphatic carbocycles. The highest BCUT2D eigenvalue weighted by atomic mass is 19.4. The van der Waals surface area contributed by atoms with E-state index in [1.54, 1.807) is 23.6 Å². The Hall–Kier alpha value is -5.38. The highest BCUT2D eigenvalue weighted by Gasteiger charge is 2.35. The summed E-state index contributed by atoms with van der Waals surface area (Å²) >= 11 is 0. The van der Waals surface area contributed by atoms with Gasteiger partial charge in [-0.2, -0.15) is 0 Å². The molecule has 4 amide bonds. The molecular formula is C46H66F6N6O10. The first-order valence-corrected chi connectivity index (χ1v) is 22.9. The molecule has 4 atom stereocenters. The molecule has 4 N–H and O–H groups in total. The summed E-state index contributed by atoms with van der Waals surface area (Å²) in [6.07, 6.45) is -6.22. The van der Waals surface area contributed by atoms with E-state index in [9.17, 15) is 45.5 Å². The van der Waals surface area contributed by atoms with Crippen LogP contribution in [0.3, 0.4) is 0 Å². The van der Waals surface area contributed by atoms with Crippen molar-refractivity contribution >= 4 is 35.4 Å². The van der Waals surface area contributed by atoms with E-state index >= 15 is 0 Å². The lowest BCUT2D eigenvalue weighted by Gasteiger charge is -2.32. The average molecular weight is 977 g/mol. The SMILES string of the molecule is CC(CNc1ccc(OC(F)(F)F)cc1)NC(=O)OC(CC(C)(C)C)C(=O)N1CCOCC1.CC(CNc1ccc(OC(F)(F)F)cc1)NC(=O)OC(CC1CCCCC1)C(=O)N1CCOCC1. The van der Waals surface area contributed by atoms with Gasteiger partial charge in [-0.25, -0.2) is 9.59 Å². The van der Waals surface area contributed by atoms with Crippen molar-refractivity contribution in [3.8, 4) is 11.5 Å². The van der Waals surface area contributed by atoms with E-state index in [1.807, 2.05) is 20.8 Å². The third-order valence-electron chi connectivity index (χ3n) is 10.9. The molecule has 2 aromatic rings. The van der Waals surface area contributed by atoms with Gasteiger partial charge in [0.2, 0.25) is 0 Å². The van der Waals surface area contributed by atoms with E-state index in [0.717, 1.165) is 25.7 Å². The summed E-state index contributed by atoms with van der Waals surface area (Å²) in [5.74, 6) is -0.699. The zero-order valence-electron chi connectivity index (χ0n) is 39.3. The fourth-order valence-corrected chi connectivity index (χ4v) is 7.56. The Kier molecular flexibility index (Phi) is 21.4. The predicted octanol–water partition coefficient (Wildman–Crippen LogP) is 8.09. The summed E-state index contributed by atoms with van der Waals surface area (Å²) in [7, 11) is 0. The van der Waals surface area contributed by atoms with Crippen LogP contribution in [0.2, 0.25) is 0 Å². The lowest BCUT2D eigenvalue weighted by atomic mass is 9.85. The molecule has 3 fully saturated rings.